The van der Waals surface area contributed by atoms with Gasteiger partial charge in [-0.3, -0.25) is 4.79 Å². The Labute approximate surface area is 113 Å². The number of aliphatic carboxylic acids is 1. The highest BCUT2D eigenvalue weighted by Crippen LogP contribution is 2.24. The largest absolute Gasteiger partial charge is 0.481 e. The predicted octanol–water partition coefficient (Wildman–Crippen LogP) is -0.253. The Bertz CT molecular complexity index is 442. The molecule has 0 bridgehead atoms. The van der Waals surface area contributed by atoms with Crippen molar-refractivity contribution in [1.29, 1.82) is 0 Å². The molecule has 2 saturated heterocycles. The molecule has 2 aliphatic heterocycles. The molecule has 2 heterocycles. The highest BCUT2D eigenvalue weighted by molar-refractivity contribution is 7.86. The van der Waals surface area contributed by atoms with Crippen LogP contribution in [0.1, 0.15) is 20.3 Å². The van der Waals surface area contributed by atoms with E-state index in [2.05, 4.69) is 0 Å². The van der Waals surface area contributed by atoms with Gasteiger partial charge < -0.3 is 9.84 Å². The average Bonchev–Trinajstić information content (AvgIpc) is 2.77. The van der Waals surface area contributed by atoms with E-state index in [1.807, 2.05) is 13.8 Å². The van der Waals surface area contributed by atoms with E-state index in [0.29, 0.717) is 19.5 Å². The third-order valence-corrected chi connectivity index (χ3v) is 5.47. The molecule has 0 aromatic rings. The highest BCUT2D eigenvalue weighted by Gasteiger charge is 2.40. The standard InChI is InChI=1S/C11H20N2O5S/c1-8-5-13(6-9(2)18-8)19(16,17)12-4-3-10(7-12)11(14)15/h8-10H,3-7H2,1-2H3,(H,14,15)/t8-,9+,10-/m0/s1. The summed E-state index contributed by atoms with van der Waals surface area (Å²) in [4.78, 5) is 10.9. The number of carboxylic acids is 1. The number of carboxylic acid groups (broad SMARTS) is 1. The average molecular weight is 292 g/mol. The maximum atomic E-state index is 12.5. The zero-order chi connectivity index (χ0) is 14.2. The van der Waals surface area contributed by atoms with Crippen molar-refractivity contribution in [3.05, 3.63) is 0 Å². The number of carbonyl (C=O) groups is 1. The third kappa shape index (κ3) is 3.07. The first-order valence-electron chi connectivity index (χ1n) is 6.44. The van der Waals surface area contributed by atoms with Gasteiger partial charge in [-0.05, 0) is 20.3 Å². The molecule has 2 rings (SSSR count). The van der Waals surface area contributed by atoms with E-state index in [4.69, 9.17) is 9.84 Å². The number of hydrogen-bond acceptors (Lipinski definition) is 4. The minimum Gasteiger partial charge on any atom is -0.481 e. The topological polar surface area (TPSA) is 87.2 Å². The lowest BCUT2D eigenvalue weighted by atomic mass is 10.1. The summed E-state index contributed by atoms with van der Waals surface area (Å²) in [6.45, 7) is 4.66. The van der Waals surface area contributed by atoms with Crippen molar-refractivity contribution in [2.24, 2.45) is 5.92 Å². The predicted molar refractivity (Wildman–Crippen MR) is 67.8 cm³/mol. The fourth-order valence-electron chi connectivity index (χ4n) is 2.62. The minimum absolute atomic E-state index is 0.0672. The first kappa shape index (κ1) is 14.7. The fraction of sp³-hybridized carbons (Fsp3) is 0.909. The first-order valence-corrected chi connectivity index (χ1v) is 7.84. The Balaban J connectivity index is 2.08. The summed E-state index contributed by atoms with van der Waals surface area (Å²) in [5.41, 5.74) is 0. The summed E-state index contributed by atoms with van der Waals surface area (Å²) in [5.74, 6) is -1.52. The van der Waals surface area contributed by atoms with Gasteiger partial charge in [-0.25, -0.2) is 0 Å². The molecule has 110 valence electrons. The molecule has 2 aliphatic rings. The Morgan fingerprint density at radius 1 is 1.16 bits per heavy atom. The van der Waals surface area contributed by atoms with Crippen molar-refractivity contribution < 1.29 is 23.1 Å². The number of nitrogens with zero attached hydrogens (tertiary/aromatic N) is 2. The fourth-order valence-corrected chi connectivity index (χ4v) is 4.45. The van der Waals surface area contributed by atoms with E-state index < -0.39 is 22.1 Å². The molecule has 7 nitrogen and oxygen atoms in total. The molecule has 3 atom stereocenters. The normalized spacial score (nSPS) is 34.5. The Morgan fingerprint density at radius 3 is 2.21 bits per heavy atom. The lowest BCUT2D eigenvalue weighted by Gasteiger charge is -2.36. The molecule has 0 aromatic carbocycles. The molecule has 0 aliphatic carbocycles. The van der Waals surface area contributed by atoms with Crippen LogP contribution in [0.15, 0.2) is 0 Å². The Kier molecular flexibility index (Phi) is 4.14. The number of hydrogen-bond donors (Lipinski definition) is 1. The molecule has 8 heteroatoms. The molecule has 1 N–H and O–H groups in total. The molecular formula is C11H20N2O5S. The van der Waals surface area contributed by atoms with Gasteiger partial charge in [0.05, 0.1) is 18.1 Å². The quantitative estimate of drug-likeness (QED) is 0.775. The van der Waals surface area contributed by atoms with Crippen LogP contribution in [0.3, 0.4) is 0 Å². The van der Waals surface area contributed by atoms with Crippen LogP contribution in [0.2, 0.25) is 0 Å². The Hall–Kier alpha value is -0.700. The van der Waals surface area contributed by atoms with Crippen LogP contribution in [0.25, 0.3) is 0 Å². The molecule has 0 aromatic heterocycles. The molecule has 0 unspecified atom stereocenters. The minimum atomic E-state index is -3.57. The van der Waals surface area contributed by atoms with E-state index in [-0.39, 0.29) is 25.3 Å². The van der Waals surface area contributed by atoms with Gasteiger partial charge in [0.15, 0.2) is 0 Å². The van der Waals surface area contributed by atoms with Crippen molar-refractivity contribution >= 4 is 16.2 Å². The lowest BCUT2D eigenvalue weighted by Crippen LogP contribution is -2.52. The first-order chi connectivity index (χ1) is 8.80. The highest BCUT2D eigenvalue weighted by atomic mass is 32.2. The zero-order valence-electron chi connectivity index (χ0n) is 11.2. The smallest absolute Gasteiger partial charge is 0.307 e. The van der Waals surface area contributed by atoms with E-state index in [1.165, 1.54) is 8.61 Å². The summed E-state index contributed by atoms with van der Waals surface area (Å²) >= 11 is 0. The number of morpholine rings is 1. The van der Waals surface area contributed by atoms with Crippen LogP contribution >= 0.6 is 0 Å². The summed E-state index contributed by atoms with van der Waals surface area (Å²) in [6, 6.07) is 0. The SMILES string of the molecule is C[C@@H]1CN(S(=O)(=O)N2CC[C@H](C(=O)O)C2)C[C@H](C)O1. The van der Waals surface area contributed by atoms with E-state index in [9.17, 15) is 13.2 Å². The summed E-state index contributed by atoms with van der Waals surface area (Å²) in [7, 11) is -3.57. The van der Waals surface area contributed by atoms with E-state index in [1.54, 1.807) is 0 Å². The van der Waals surface area contributed by atoms with Crippen molar-refractivity contribution in [3.63, 3.8) is 0 Å². The second-order valence-electron chi connectivity index (χ2n) is 5.26. The van der Waals surface area contributed by atoms with Crippen LogP contribution in [-0.4, -0.2) is 66.5 Å². The molecular weight excluding hydrogens is 272 g/mol. The number of rotatable bonds is 3. The van der Waals surface area contributed by atoms with Gasteiger partial charge in [-0.1, -0.05) is 0 Å². The van der Waals surface area contributed by atoms with Crippen molar-refractivity contribution in [3.8, 4) is 0 Å². The second kappa shape index (κ2) is 5.35. The summed E-state index contributed by atoms with van der Waals surface area (Å²) in [6.07, 6.45) is 0.0945. The van der Waals surface area contributed by atoms with Crippen LogP contribution in [0, 0.1) is 5.92 Å². The van der Waals surface area contributed by atoms with E-state index >= 15 is 0 Å². The Morgan fingerprint density at radius 2 is 1.74 bits per heavy atom. The third-order valence-electron chi connectivity index (χ3n) is 3.54. The maximum Gasteiger partial charge on any atom is 0.307 e. The van der Waals surface area contributed by atoms with Gasteiger partial charge in [0.2, 0.25) is 0 Å². The van der Waals surface area contributed by atoms with Gasteiger partial charge in [0.25, 0.3) is 10.2 Å². The van der Waals surface area contributed by atoms with Gasteiger partial charge in [0, 0.05) is 26.2 Å². The summed E-state index contributed by atoms with van der Waals surface area (Å²) < 4.78 is 33.1. The van der Waals surface area contributed by atoms with Crippen LogP contribution in [0.4, 0.5) is 0 Å². The van der Waals surface area contributed by atoms with Gasteiger partial charge in [0.1, 0.15) is 0 Å². The lowest BCUT2D eigenvalue weighted by molar-refractivity contribution is -0.141. The molecule has 0 radical (unpaired) electrons. The zero-order valence-corrected chi connectivity index (χ0v) is 12.0. The van der Waals surface area contributed by atoms with Crippen molar-refractivity contribution in [1.82, 2.24) is 8.61 Å². The molecule has 0 spiro atoms. The molecule has 0 saturated carbocycles. The van der Waals surface area contributed by atoms with Crippen molar-refractivity contribution in [2.75, 3.05) is 26.2 Å². The van der Waals surface area contributed by atoms with Gasteiger partial charge >= 0.3 is 5.97 Å². The second-order valence-corrected chi connectivity index (χ2v) is 7.19. The number of ether oxygens (including phenoxy) is 1. The van der Waals surface area contributed by atoms with Gasteiger partial charge in [-0.2, -0.15) is 17.0 Å². The molecule has 0 amide bonds. The van der Waals surface area contributed by atoms with Crippen LogP contribution < -0.4 is 0 Å². The molecule has 19 heavy (non-hydrogen) atoms. The molecule has 2 fully saturated rings. The van der Waals surface area contributed by atoms with Crippen LogP contribution in [0.5, 0.6) is 0 Å². The van der Waals surface area contributed by atoms with E-state index in [0.717, 1.165) is 0 Å². The summed E-state index contributed by atoms with van der Waals surface area (Å²) in [5, 5.41) is 8.94. The van der Waals surface area contributed by atoms with Crippen molar-refractivity contribution in [2.45, 2.75) is 32.5 Å². The monoisotopic (exact) mass is 292 g/mol. The van der Waals surface area contributed by atoms with Crippen LogP contribution in [-0.2, 0) is 19.7 Å². The van der Waals surface area contributed by atoms with Gasteiger partial charge in [-0.15, -0.1) is 0 Å². The maximum absolute atomic E-state index is 12.5.